The molecule has 0 saturated carbocycles. The lowest BCUT2D eigenvalue weighted by Crippen LogP contribution is -1.87. The topological polar surface area (TPSA) is 22.1 Å². The van der Waals surface area contributed by atoms with Gasteiger partial charge in [-0.2, -0.15) is 0 Å². The second kappa shape index (κ2) is 4.90. The van der Waals surface area contributed by atoms with E-state index in [1.165, 1.54) is 0 Å². The van der Waals surface area contributed by atoms with Gasteiger partial charge in [0.1, 0.15) is 10.9 Å². The van der Waals surface area contributed by atoms with Crippen LogP contribution in [-0.4, -0.2) is 12.1 Å². The van der Waals surface area contributed by atoms with Crippen LogP contribution >= 0.6 is 11.6 Å². The summed E-state index contributed by atoms with van der Waals surface area (Å²) in [4.78, 5) is 4.34. The predicted octanol–water partition coefficient (Wildman–Crippen LogP) is 4.56. The zero-order valence-electron chi connectivity index (χ0n) is 10.4. The summed E-state index contributed by atoms with van der Waals surface area (Å²) in [5, 5.41) is 1.60. The number of para-hydroxylation sites is 1. The number of fused-ring (bicyclic) bond motifs is 1. The summed E-state index contributed by atoms with van der Waals surface area (Å²) in [6.45, 7) is 0. The normalized spacial score (nSPS) is 10.6. The average Bonchev–Trinajstić information content (AvgIpc) is 2.46. The highest BCUT2D eigenvalue weighted by molar-refractivity contribution is 6.30. The molecule has 1 aromatic heterocycles. The van der Waals surface area contributed by atoms with Gasteiger partial charge in [0.2, 0.25) is 0 Å². The number of halogens is 1. The number of methoxy groups -OCH3 is 1. The number of pyridine rings is 1. The van der Waals surface area contributed by atoms with Gasteiger partial charge in [-0.15, -0.1) is 0 Å². The number of aromatic nitrogens is 1. The molecule has 0 amide bonds. The van der Waals surface area contributed by atoms with E-state index in [9.17, 15) is 0 Å². The Morgan fingerprint density at radius 2 is 1.74 bits per heavy atom. The smallest absolute Gasteiger partial charge is 0.130 e. The lowest BCUT2D eigenvalue weighted by atomic mass is 10.0. The molecule has 1 heterocycles. The Labute approximate surface area is 116 Å². The van der Waals surface area contributed by atoms with Gasteiger partial charge in [0.25, 0.3) is 0 Å². The maximum Gasteiger partial charge on any atom is 0.130 e. The van der Waals surface area contributed by atoms with Gasteiger partial charge in [-0.3, -0.25) is 0 Å². The third-order valence-electron chi connectivity index (χ3n) is 3.09. The molecule has 0 aliphatic carbocycles. The van der Waals surface area contributed by atoms with E-state index in [-0.39, 0.29) is 0 Å². The lowest BCUT2D eigenvalue weighted by Gasteiger charge is -2.08. The van der Waals surface area contributed by atoms with Crippen LogP contribution in [0.2, 0.25) is 5.15 Å². The largest absolute Gasteiger partial charge is 0.497 e. The maximum absolute atomic E-state index is 6.10. The van der Waals surface area contributed by atoms with Crippen molar-refractivity contribution in [3.8, 4) is 16.9 Å². The molecule has 0 spiro atoms. The molecule has 3 heteroatoms. The molecule has 94 valence electrons. The fourth-order valence-electron chi connectivity index (χ4n) is 2.15. The average molecular weight is 270 g/mol. The highest BCUT2D eigenvalue weighted by Gasteiger charge is 2.06. The SMILES string of the molecule is COc1ccc(-c2cc(Cl)nc3ccccc23)cc1. The minimum absolute atomic E-state index is 0.504. The minimum atomic E-state index is 0.504. The third-order valence-corrected chi connectivity index (χ3v) is 3.28. The molecular weight excluding hydrogens is 258 g/mol. The molecule has 0 aliphatic rings. The Bertz CT molecular complexity index is 722. The van der Waals surface area contributed by atoms with Crippen molar-refractivity contribution in [3.63, 3.8) is 0 Å². The summed E-state index contributed by atoms with van der Waals surface area (Å²) in [5.41, 5.74) is 3.08. The molecule has 0 N–H and O–H groups in total. The first-order valence-corrected chi connectivity index (χ1v) is 6.35. The van der Waals surface area contributed by atoms with Crippen LogP contribution in [0.5, 0.6) is 5.75 Å². The van der Waals surface area contributed by atoms with Gasteiger partial charge in [0.05, 0.1) is 12.6 Å². The Hall–Kier alpha value is -2.06. The molecule has 0 fully saturated rings. The molecule has 3 rings (SSSR count). The van der Waals surface area contributed by atoms with Crippen molar-refractivity contribution in [1.29, 1.82) is 0 Å². The maximum atomic E-state index is 6.10. The van der Waals surface area contributed by atoms with Gasteiger partial charge < -0.3 is 4.74 Å². The molecular formula is C16H12ClNO. The Kier molecular flexibility index (Phi) is 3.10. The molecule has 0 radical (unpaired) electrons. The highest BCUT2D eigenvalue weighted by Crippen LogP contribution is 2.30. The minimum Gasteiger partial charge on any atom is -0.497 e. The first-order chi connectivity index (χ1) is 9.28. The van der Waals surface area contributed by atoms with Crippen molar-refractivity contribution in [1.82, 2.24) is 4.98 Å². The van der Waals surface area contributed by atoms with Crippen molar-refractivity contribution in [3.05, 3.63) is 59.8 Å². The number of hydrogen-bond donors (Lipinski definition) is 0. The highest BCUT2D eigenvalue weighted by atomic mass is 35.5. The molecule has 0 atom stereocenters. The zero-order valence-corrected chi connectivity index (χ0v) is 11.2. The van der Waals surface area contributed by atoms with Crippen LogP contribution in [0.25, 0.3) is 22.0 Å². The van der Waals surface area contributed by atoms with Crippen molar-refractivity contribution in [2.75, 3.05) is 7.11 Å². The molecule has 0 aliphatic heterocycles. The summed E-state index contributed by atoms with van der Waals surface area (Å²) < 4.78 is 5.18. The summed E-state index contributed by atoms with van der Waals surface area (Å²) in [7, 11) is 1.66. The van der Waals surface area contributed by atoms with Crippen molar-refractivity contribution < 1.29 is 4.74 Å². The first kappa shape index (κ1) is 12.0. The van der Waals surface area contributed by atoms with Crippen LogP contribution in [-0.2, 0) is 0 Å². The van der Waals surface area contributed by atoms with E-state index in [0.717, 1.165) is 27.8 Å². The van der Waals surface area contributed by atoms with Crippen molar-refractivity contribution >= 4 is 22.5 Å². The number of nitrogens with zero attached hydrogens (tertiary/aromatic N) is 1. The number of hydrogen-bond acceptors (Lipinski definition) is 2. The van der Waals surface area contributed by atoms with Crippen LogP contribution in [0, 0.1) is 0 Å². The third kappa shape index (κ3) is 2.27. The lowest BCUT2D eigenvalue weighted by molar-refractivity contribution is 0.415. The predicted molar refractivity (Wildman–Crippen MR) is 78.7 cm³/mol. The number of benzene rings is 2. The van der Waals surface area contributed by atoms with E-state index < -0.39 is 0 Å². The molecule has 19 heavy (non-hydrogen) atoms. The molecule has 0 unspecified atom stereocenters. The van der Waals surface area contributed by atoms with Gasteiger partial charge in [-0.05, 0) is 35.4 Å². The van der Waals surface area contributed by atoms with Crippen LogP contribution in [0.1, 0.15) is 0 Å². The van der Waals surface area contributed by atoms with Crippen LogP contribution in [0.3, 0.4) is 0 Å². The summed E-state index contributed by atoms with van der Waals surface area (Å²) in [6, 6.07) is 17.8. The van der Waals surface area contributed by atoms with Gasteiger partial charge >= 0.3 is 0 Å². The molecule has 2 nitrogen and oxygen atoms in total. The molecule has 2 aromatic carbocycles. The molecule has 0 bridgehead atoms. The van der Waals surface area contributed by atoms with Crippen LogP contribution < -0.4 is 4.74 Å². The van der Waals surface area contributed by atoms with E-state index in [0.29, 0.717) is 5.15 Å². The molecule has 0 saturated heterocycles. The number of ether oxygens (including phenoxy) is 1. The quantitative estimate of drug-likeness (QED) is 0.636. The zero-order chi connectivity index (χ0) is 13.2. The van der Waals surface area contributed by atoms with E-state index in [1.54, 1.807) is 7.11 Å². The van der Waals surface area contributed by atoms with Gasteiger partial charge in [0, 0.05) is 5.39 Å². The van der Waals surface area contributed by atoms with E-state index in [4.69, 9.17) is 16.3 Å². The van der Waals surface area contributed by atoms with E-state index in [1.807, 2.05) is 48.5 Å². The summed E-state index contributed by atoms with van der Waals surface area (Å²) >= 11 is 6.10. The Morgan fingerprint density at radius 3 is 2.47 bits per heavy atom. The van der Waals surface area contributed by atoms with Gasteiger partial charge in [0.15, 0.2) is 0 Å². The Morgan fingerprint density at radius 1 is 1.00 bits per heavy atom. The Balaban J connectivity index is 2.22. The van der Waals surface area contributed by atoms with Crippen LogP contribution in [0.4, 0.5) is 0 Å². The standard InChI is InChI=1S/C16H12ClNO/c1-19-12-8-6-11(7-9-12)14-10-16(17)18-15-5-3-2-4-13(14)15/h2-10H,1H3. The van der Waals surface area contributed by atoms with E-state index >= 15 is 0 Å². The van der Waals surface area contributed by atoms with Gasteiger partial charge in [-0.25, -0.2) is 4.98 Å². The first-order valence-electron chi connectivity index (χ1n) is 5.97. The fraction of sp³-hybridized carbons (Fsp3) is 0.0625. The number of rotatable bonds is 2. The van der Waals surface area contributed by atoms with Crippen molar-refractivity contribution in [2.45, 2.75) is 0 Å². The van der Waals surface area contributed by atoms with Crippen molar-refractivity contribution in [2.24, 2.45) is 0 Å². The van der Waals surface area contributed by atoms with E-state index in [2.05, 4.69) is 11.1 Å². The fourth-order valence-corrected chi connectivity index (χ4v) is 2.35. The van der Waals surface area contributed by atoms with Gasteiger partial charge in [-0.1, -0.05) is 41.9 Å². The monoisotopic (exact) mass is 269 g/mol. The summed E-state index contributed by atoms with van der Waals surface area (Å²) in [6.07, 6.45) is 0. The summed E-state index contributed by atoms with van der Waals surface area (Å²) in [5.74, 6) is 0.841. The second-order valence-electron chi connectivity index (χ2n) is 4.24. The molecule has 3 aromatic rings. The van der Waals surface area contributed by atoms with Crippen LogP contribution in [0.15, 0.2) is 54.6 Å². The second-order valence-corrected chi connectivity index (χ2v) is 4.63.